The van der Waals surface area contributed by atoms with E-state index in [0.29, 0.717) is 17.9 Å². The smallest absolute Gasteiger partial charge is 0.320 e. The third-order valence-electron chi connectivity index (χ3n) is 4.54. The number of allylic oxidation sites excluding steroid dienone is 1. The molecule has 1 heterocycles. The first-order valence-electron chi connectivity index (χ1n) is 10.3. The molecule has 0 saturated heterocycles. The summed E-state index contributed by atoms with van der Waals surface area (Å²) in [6.07, 6.45) is 6.55. The van der Waals surface area contributed by atoms with Gasteiger partial charge in [0.15, 0.2) is 0 Å². The molecule has 1 aromatic heterocycles. The molecule has 0 radical (unpaired) electrons. The van der Waals surface area contributed by atoms with Gasteiger partial charge in [-0.05, 0) is 53.9 Å². The Morgan fingerprint density at radius 3 is 2.10 bits per heavy atom. The SMILES string of the molecule is C=C(C/C=C/c1cnc(OC(C)(C)C)nc1OC(C)(C)C)N(C)C(C)C(C)(C)C. The zero-order chi connectivity index (χ0) is 22.6. The monoisotopic (exact) mass is 403 g/mol. The Morgan fingerprint density at radius 1 is 1.07 bits per heavy atom. The van der Waals surface area contributed by atoms with Gasteiger partial charge in [0, 0.05) is 31.4 Å². The van der Waals surface area contributed by atoms with E-state index in [1.54, 1.807) is 6.20 Å². The normalized spacial score (nSPS) is 14.0. The van der Waals surface area contributed by atoms with Crippen molar-refractivity contribution >= 4 is 6.08 Å². The molecule has 1 unspecified atom stereocenters. The average molecular weight is 404 g/mol. The van der Waals surface area contributed by atoms with E-state index in [9.17, 15) is 0 Å². The second kappa shape index (κ2) is 9.19. The fourth-order valence-electron chi connectivity index (χ4n) is 2.49. The van der Waals surface area contributed by atoms with Gasteiger partial charge in [0.05, 0.1) is 5.56 Å². The number of nitrogens with zero attached hydrogens (tertiary/aromatic N) is 3. The summed E-state index contributed by atoms with van der Waals surface area (Å²) < 4.78 is 11.9. The van der Waals surface area contributed by atoms with Gasteiger partial charge >= 0.3 is 6.01 Å². The summed E-state index contributed by atoms with van der Waals surface area (Å²) in [6.45, 7) is 25.1. The molecule has 29 heavy (non-hydrogen) atoms. The van der Waals surface area contributed by atoms with Crippen LogP contribution >= 0.6 is 0 Å². The molecule has 0 fully saturated rings. The van der Waals surface area contributed by atoms with Crippen molar-refractivity contribution in [3.05, 3.63) is 30.1 Å². The molecule has 0 aliphatic heterocycles. The standard InChI is InChI=1S/C24H41N3O2/c1-17(27(12)18(2)22(3,4)5)14-13-15-19-16-25-21(29-24(9,10)11)26-20(19)28-23(6,7)8/h13,15-16,18H,1,14H2,2-12H3/b15-13+. The zero-order valence-corrected chi connectivity index (χ0v) is 20.4. The molecule has 1 rings (SSSR count). The van der Waals surface area contributed by atoms with E-state index >= 15 is 0 Å². The molecule has 0 bridgehead atoms. The van der Waals surface area contributed by atoms with Crippen LogP contribution in [0.4, 0.5) is 0 Å². The number of hydrogen-bond donors (Lipinski definition) is 0. The predicted octanol–water partition coefficient (Wildman–Crippen LogP) is 6.11. The molecule has 0 saturated carbocycles. The maximum absolute atomic E-state index is 6.06. The minimum absolute atomic E-state index is 0.186. The van der Waals surface area contributed by atoms with Crippen LogP contribution in [-0.2, 0) is 0 Å². The van der Waals surface area contributed by atoms with Crippen LogP contribution in [0.5, 0.6) is 11.9 Å². The number of rotatable bonds is 7. The van der Waals surface area contributed by atoms with Gasteiger partial charge in [-0.25, -0.2) is 4.98 Å². The fourth-order valence-corrected chi connectivity index (χ4v) is 2.49. The quantitative estimate of drug-likeness (QED) is 0.549. The molecule has 0 spiro atoms. The molecule has 1 atom stereocenters. The summed E-state index contributed by atoms with van der Waals surface area (Å²) in [4.78, 5) is 11.1. The highest BCUT2D eigenvalue weighted by Gasteiger charge is 2.24. The lowest BCUT2D eigenvalue weighted by atomic mass is 9.87. The Morgan fingerprint density at radius 2 is 1.62 bits per heavy atom. The maximum Gasteiger partial charge on any atom is 0.320 e. The van der Waals surface area contributed by atoms with Crippen molar-refractivity contribution in [2.45, 2.75) is 92.9 Å². The highest BCUT2D eigenvalue weighted by molar-refractivity contribution is 5.54. The lowest BCUT2D eigenvalue weighted by Gasteiger charge is -2.37. The number of aromatic nitrogens is 2. The van der Waals surface area contributed by atoms with E-state index in [1.165, 1.54) is 0 Å². The maximum atomic E-state index is 6.06. The molecule has 0 N–H and O–H groups in total. The van der Waals surface area contributed by atoms with E-state index in [0.717, 1.165) is 17.7 Å². The van der Waals surface area contributed by atoms with Crippen molar-refractivity contribution in [1.82, 2.24) is 14.9 Å². The third kappa shape index (κ3) is 8.88. The minimum Gasteiger partial charge on any atom is -0.471 e. The second-order valence-corrected chi connectivity index (χ2v) is 10.7. The highest BCUT2D eigenvalue weighted by Crippen LogP contribution is 2.27. The van der Waals surface area contributed by atoms with Gasteiger partial charge in [0.25, 0.3) is 0 Å². The van der Waals surface area contributed by atoms with Gasteiger partial charge in [0.1, 0.15) is 11.2 Å². The van der Waals surface area contributed by atoms with Gasteiger partial charge in [-0.2, -0.15) is 4.98 Å². The van der Waals surface area contributed by atoms with Gasteiger partial charge in [-0.15, -0.1) is 0 Å². The van der Waals surface area contributed by atoms with Crippen LogP contribution in [0.1, 0.15) is 81.2 Å². The van der Waals surface area contributed by atoms with Crippen LogP contribution in [0.2, 0.25) is 0 Å². The van der Waals surface area contributed by atoms with Crippen LogP contribution < -0.4 is 9.47 Å². The Balaban J connectivity index is 3.00. The molecule has 0 aliphatic carbocycles. The molecular formula is C24H41N3O2. The van der Waals surface area contributed by atoms with Gasteiger partial charge in [-0.3, -0.25) is 0 Å². The first-order valence-corrected chi connectivity index (χ1v) is 10.3. The second-order valence-electron chi connectivity index (χ2n) is 10.7. The van der Waals surface area contributed by atoms with Gasteiger partial charge in [0.2, 0.25) is 5.88 Å². The first-order chi connectivity index (χ1) is 13.0. The van der Waals surface area contributed by atoms with Crippen LogP contribution in [0.25, 0.3) is 6.08 Å². The summed E-state index contributed by atoms with van der Waals surface area (Å²) in [6, 6.07) is 0.706. The summed E-state index contributed by atoms with van der Waals surface area (Å²) in [5.41, 5.74) is 1.33. The van der Waals surface area contributed by atoms with Crippen LogP contribution in [-0.4, -0.2) is 39.2 Å². The van der Waals surface area contributed by atoms with E-state index in [2.05, 4.69) is 62.3 Å². The van der Waals surface area contributed by atoms with E-state index < -0.39 is 0 Å². The first kappa shape index (κ1) is 25.0. The van der Waals surface area contributed by atoms with Gasteiger partial charge in [-0.1, -0.05) is 39.5 Å². The Bertz CT molecular complexity index is 719. The summed E-state index contributed by atoms with van der Waals surface area (Å²) in [5, 5.41) is 0. The van der Waals surface area contributed by atoms with E-state index in [1.807, 2.05) is 47.6 Å². The van der Waals surface area contributed by atoms with Gasteiger partial charge < -0.3 is 14.4 Å². The summed E-state index contributed by atoms with van der Waals surface area (Å²) >= 11 is 0. The molecule has 0 aliphatic rings. The predicted molar refractivity (Wildman–Crippen MR) is 122 cm³/mol. The minimum atomic E-state index is -0.373. The van der Waals surface area contributed by atoms with Crippen molar-refractivity contribution in [1.29, 1.82) is 0 Å². The van der Waals surface area contributed by atoms with Crippen LogP contribution in [0.15, 0.2) is 24.5 Å². The van der Waals surface area contributed by atoms with Crippen LogP contribution in [0.3, 0.4) is 0 Å². The van der Waals surface area contributed by atoms with E-state index in [-0.39, 0.29) is 16.6 Å². The molecule has 5 nitrogen and oxygen atoms in total. The molecule has 1 aromatic rings. The largest absolute Gasteiger partial charge is 0.471 e. The van der Waals surface area contributed by atoms with Crippen molar-refractivity contribution in [3.63, 3.8) is 0 Å². The molecule has 5 heteroatoms. The third-order valence-corrected chi connectivity index (χ3v) is 4.54. The molecule has 0 amide bonds. The van der Waals surface area contributed by atoms with E-state index in [4.69, 9.17) is 9.47 Å². The lowest BCUT2D eigenvalue weighted by molar-refractivity contribution is 0.103. The molecule has 164 valence electrons. The molecular weight excluding hydrogens is 362 g/mol. The number of ether oxygens (including phenoxy) is 2. The molecule has 0 aromatic carbocycles. The summed E-state index contributed by atoms with van der Waals surface area (Å²) in [5.74, 6) is 0.519. The Labute approximate surface area is 178 Å². The number of hydrogen-bond acceptors (Lipinski definition) is 5. The lowest BCUT2D eigenvalue weighted by Crippen LogP contribution is -2.38. The summed E-state index contributed by atoms with van der Waals surface area (Å²) in [7, 11) is 2.10. The topological polar surface area (TPSA) is 47.5 Å². The van der Waals surface area contributed by atoms with Crippen molar-refractivity contribution < 1.29 is 9.47 Å². The fraction of sp³-hybridized carbons (Fsp3) is 0.667. The van der Waals surface area contributed by atoms with Crippen molar-refractivity contribution in [2.75, 3.05) is 7.05 Å². The van der Waals surface area contributed by atoms with Crippen molar-refractivity contribution in [3.8, 4) is 11.9 Å². The average Bonchev–Trinajstić information content (AvgIpc) is 2.51. The Hall–Kier alpha value is -2.04. The zero-order valence-electron chi connectivity index (χ0n) is 20.4. The van der Waals surface area contributed by atoms with Crippen molar-refractivity contribution in [2.24, 2.45) is 5.41 Å². The van der Waals surface area contributed by atoms with Crippen LogP contribution in [0, 0.1) is 5.41 Å². The Kier molecular flexibility index (Phi) is 7.92. The highest BCUT2D eigenvalue weighted by atomic mass is 16.5.